The monoisotopic (exact) mass is 586 g/mol. The van der Waals surface area contributed by atoms with Crippen LogP contribution in [0, 0.1) is 0 Å². The van der Waals surface area contributed by atoms with Crippen LogP contribution in [0.3, 0.4) is 0 Å². The van der Waals surface area contributed by atoms with Gasteiger partial charge in [0.2, 0.25) is 11.9 Å². The van der Waals surface area contributed by atoms with Gasteiger partial charge in [-0.1, -0.05) is 13.8 Å². The summed E-state index contributed by atoms with van der Waals surface area (Å²) in [7, 11) is 0. The minimum Gasteiger partial charge on any atom is -0.352 e. The van der Waals surface area contributed by atoms with E-state index in [1.54, 1.807) is 6.92 Å². The van der Waals surface area contributed by atoms with E-state index in [4.69, 9.17) is 0 Å². The number of aromatic amines is 1. The van der Waals surface area contributed by atoms with Gasteiger partial charge in [-0.3, -0.25) is 4.79 Å². The van der Waals surface area contributed by atoms with Crippen LogP contribution in [0.2, 0.25) is 0 Å². The molecule has 0 fully saturated rings. The van der Waals surface area contributed by atoms with Crippen LogP contribution in [0.4, 0.5) is 5.95 Å². The summed E-state index contributed by atoms with van der Waals surface area (Å²) in [5.41, 5.74) is 1.71. The minimum absolute atomic E-state index is 0.0231. The number of H-pyrrole nitrogens is 1. The number of carbonyl (C=O) groups is 1. The predicted octanol–water partition coefficient (Wildman–Crippen LogP) is 5.72. The van der Waals surface area contributed by atoms with E-state index in [1.165, 1.54) is 0 Å². The number of fused-ring (bicyclic) bond motifs is 1. The van der Waals surface area contributed by atoms with Crippen LogP contribution in [0.15, 0.2) is 17.9 Å². The molecular weight excluding hydrogens is 572 g/mol. The highest BCUT2D eigenvalue weighted by atomic mass is 79.9. The summed E-state index contributed by atoms with van der Waals surface area (Å²) in [5.74, 6) is 0.650. The molecule has 5 nitrogen and oxygen atoms in total. The first kappa shape index (κ1) is 20.2. The Balaban J connectivity index is 2.37. The van der Waals surface area contributed by atoms with Crippen LogP contribution in [-0.2, 0) is 4.79 Å². The van der Waals surface area contributed by atoms with Crippen molar-refractivity contribution < 1.29 is 4.79 Å². The highest BCUT2D eigenvalue weighted by molar-refractivity contribution is 9.15. The van der Waals surface area contributed by atoms with Crippen LogP contribution in [0.5, 0.6) is 0 Å². The molecule has 0 spiro atoms. The molecule has 132 valence electrons. The van der Waals surface area contributed by atoms with Crippen molar-refractivity contribution in [1.82, 2.24) is 15.3 Å². The molecule has 1 amide bonds. The Hall–Kier alpha value is -0.120. The first-order chi connectivity index (χ1) is 11.3. The number of rotatable bonds is 6. The fourth-order valence-electron chi connectivity index (χ4n) is 2.58. The number of hydrogen-bond donors (Lipinski definition) is 3. The third kappa shape index (κ3) is 4.16. The largest absolute Gasteiger partial charge is 0.352 e. The molecule has 0 aliphatic carbocycles. The summed E-state index contributed by atoms with van der Waals surface area (Å²) in [6.45, 7) is 5.69. The number of aromatic nitrogens is 2. The van der Waals surface area contributed by atoms with Gasteiger partial charge in [0.1, 0.15) is 5.52 Å². The van der Waals surface area contributed by atoms with Crippen molar-refractivity contribution >= 4 is 86.6 Å². The molecule has 1 aromatic carbocycles. The van der Waals surface area contributed by atoms with Gasteiger partial charge in [-0.15, -0.1) is 0 Å². The van der Waals surface area contributed by atoms with E-state index < -0.39 is 0 Å². The number of carbonyl (C=O) groups excluding carboxylic acids is 1. The lowest BCUT2D eigenvalue weighted by atomic mass is 10.0. The zero-order valence-electron chi connectivity index (χ0n) is 13.4. The zero-order valence-corrected chi connectivity index (χ0v) is 19.8. The van der Waals surface area contributed by atoms with E-state index in [0.717, 1.165) is 41.8 Å². The average molecular weight is 590 g/mol. The summed E-state index contributed by atoms with van der Waals surface area (Å²) in [6, 6.07) is 0.134. The van der Waals surface area contributed by atoms with E-state index in [9.17, 15) is 4.79 Å². The van der Waals surface area contributed by atoms with Crippen molar-refractivity contribution in [2.75, 3.05) is 5.32 Å². The van der Waals surface area contributed by atoms with Gasteiger partial charge in [-0.2, -0.15) is 0 Å². The number of anilines is 1. The van der Waals surface area contributed by atoms with Crippen molar-refractivity contribution in [2.24, 2.45) is 0 Å². The molecule has 2 unspecified atom stereocenters. The molecular formula is C15H18Br4N4O. The molecule has 1 aromatic heterocycles. The zero-order chi connectivity index (χ0) is 18.0. The summed E-state index contributed by atoms with van der Waals surface area (Å²) < 4.78 is 3.58. The number of imidazole rings is 1. The number of nitrogens with zero attached hydrogens (tertiary/aromatic N) is 1. The third-order valence-corrected chi connectivity index (χ3v) is 8.53. The molecule has 0 aliphatic heterocycles. The van der Waals surface area contributed by atoms with Gasteiger partial charge in [-0.05, 0) is 76.6 Å². The molecule has 0 bridgehead atoms. The lowest BCUT2D eigenvalue weighted by molar-refractivity contribution is -0.119. The molecule has 2 aromatic rings. The predicted molar refractivity (Wildman–Crippen MR) is 112 cm³/mol. The maximum Gasteiger partial charge on any atom is 0.217 e. The first-order valence-corrected chi connectivity index (χ1v) is 10.7. The second kappa shape index (κ2) is 8.51. The van der Waals surface area contributed by atoms with Crippen LogP contribution in [0.1, 0.15) is 33.6 Å². The number of amides is 1. The molecule has 3 N–H and O–H groups in total. The Kier molecular flexibility index (Phi) is 7.16. The molecule has 1 heterocycles. The maximum absolute atomic E-state index is 11.4. The number of hydrogen-bond acceptors (Lipinski definition) is 3. The van der Waals surface area contributed by atoms with Gasteiger partial charge >= 0.3 is 0 Å². The van der Waals surface area contributed by atoms with E-state index in [-0.39, 0.29) is 18.0 Å². The fraction of sp³-hybridized carbons (Fsp3) is 0.467. The summed E-state index contributed by atoms with van der Waals surface area (Å²) in [6.07, 6.45) is 1.71. The molecule has 2 rings (SSSR count). The standard InChI is InChI=1S/C15H18Br4N4O/c1-4-7(20-6(3)24)8(5-2)21-15-22-13-11(18)9(16)10(17)12(19)14(13)23-15/h7-8H,4-5H2,1-3H3,(H,20,24)(H2,21,22,23). The Morgan fingerprint density at radius 3 is 2.17 bits per heavy atom. The lowest BCUT2D eigenvalue weighted by Gasteiger charge is -2.26. The maximum atomic E-state index is 11.4. The second-order valence-corrected chi connectivity index (χ2v) is 8.61. The third-order valence-electron chi connectivity index (χ3n) is 3.79. The van der Waals surface area contributed by atoms with Gasteiger partial charge in [0.25, 0.3) is 0 Å². The van der Waals surface area contributed by atoms with Gasteiger partial charge in [0.15, 0.2) is 0 Å². The SMILES string of the molecule is CCC(NC(C)=O)C(CC)Nc1nc2c(Br)c(Br)c(Br)c(Br)c2[nH]1. The number of nitrogens with one attached hydrogen (secondary N) is 3. The highest BCUT2D eigenvalue weighted by Crippen LogP contribution is 2.42. The summed E-state index contributed by atoms with van der Waals surface area (Å²) in [4.78, 5) is 19.4. The van der Waals surface area contributed by atoms with Crippen LogP contribution >= 0.6 is 63.7 Å². The summed E-state index contributed by atoms with van der Waals surface area (Å²) >= 11 is 14.2. The molecule has 24 heavy (non-hydrogen) atoms. The van der Waals surface area contributed by atoms with Crippen LogP contribution in [-0.4, -0.2) is 28.0 Å². The van der Waals surface area contributed by atoms with Crippen molar-refractivity contribution in [3.8, 4) is 0 Å². The molecule has 0 saturated carbocycles. The molecule has 0 aliphatic rings. The Morgan fingerprint density at radius 2 is 1.62 bits per heavy atom. The molecule has 0 saturated heterocycles. The van der Waals surface area contributed by atoms with Gasteiger partial charge in [-0.25, -0.2) is 4.98 Å². The van der Waals surface area contributed by atoms with E-state index in [2.05, 4.69) is 98.2 Å². The van der Waals surface area contributed by atoms with E-state index in [0.29, 0.717) is 5.95 Å². The number of benzene rings is 1. The molecule has 0 radical (unpaired) electrons. The van der Waals surface area contributed by atoms with Crippen molar-refractivity contribution in [3.63, 3.8) is 0 Å². The quantitative estimate of drug-likeness (QED) is 0.298. The Morgan fingerprint density at radius 1 is 1.04 bits per heavy atom. The van der Waals surface area contributed by atoms with Gasteiger partial charge in [0, 0.05) is 28.0 Å². The highest BCUT2D eigenvalue weighted by Gasteiger charge is 2.22. The van der Waals surface area contributed by atoms with Crippen molar-refractivity contribution in [1.29, 1.82) is 0 Å². The Bertz CT molecular complexity index is 717. The van der Waals surface area contributed by atoms with Crippen LogP contribution < -0.4 is 10.6 Å². The summed E-state index contributed by atoms with van der Waals surface area (Å²) in [5, 5.41) is 6.41. The number of halogens is 4. The fourth-order valence-corrected chi connectivity index (χ4v) is 4.86. The molecule has 9 heteroatoms. The van der Waals surface area contributed by atoms with Gasteiger partial charge < -0.3 is 15.6 Å². The van der Waals surface area contributed by atoms with Crippen molar-refractivity contribution in [3.05, 3.63) is 17.9 Å². The molecule has 2 atom stereocenters. The van der Waals surface area contributed by atoms with E-state index >= 15 is 0 Å². The van der Waals surface area contributed by atoms with Crippen LogP contribution in [0.25, 0.3) is 11.0 Å². The minimum atomic E-state index is -0.0231. The van der Waals surface area contributed by atoms with E-state index in [1.807, 2.05) is 0 Å². The lowest BCUT2D eigenvalue weighted by Crippen LogP contribution is -2.45. The average Bonchev–Trinajstić information content (AvgIpc) is 2.97. The smallest absolute Gasteiger partial charge is 0.217 e. The Labute approximate surface area is 174 Å². The normalized spacial score (nSPS) is 13.8. The van der Waals surface area contributed by atoms with Crippen molar-refractivity contribution in [2.45, 2.75) is 45.7 Å². The van der Waals surface area contributed by atoms with Gasteiger partial charge in [0.05, 0.1) is 14.5 Å². The second-order valence-electron chi connectivity index (χ2n) is 5.44. The first-order valence-electron chi connectivity index (χ1n) is 7.55. The topological polar surface area (TPSA) is 69.8 Å².